The van der Waals surface area contributed by atoms with Gasteiger partial charge in [-0.25, -0.2) is 4.98 Å². The Balaban J connectivity index is 1.83. The first-order valence-electron chi connectivity index (χ1n) is 13.0. The average molecular weight is 572 g/mol. The van der Waals surface area contributed by atoms with Gasteiger partial charge in [0.2, 0.25) is 5.91 Å². The first kappa shape index (κ1) is 28.5. The van der Waals surface area contributed by atoms with Crippen LogP contribution in [0.4, 0.5) is 13.2 Å². The van der Waals surface area contributed by atoms with E-state index in [1.54, 1.807) is 51.5 Å². The summed E-state index contributed by atoms with van der Waals surface area (Å²) in [5.41, 5.74) is 9.28. The van der Waals surface area contributed by atoms with Gasteiger partial charge in [-0.2, -0.15) is 13.2 Å². The number of rotatable bonds is 8. The molecule has 0 spiro atoms. The van der Waals surface area contributed by atoms with Gasteiger partial charge in [-0.3, -0.25) is 4.79 Å². The second kappa shape index (κ2) is 11.4. The van der Waals surface area contributed by atoms with E-state index >= 15 is 0 Å². The zero-order chi connectivity index (χ0) is 30.0. The molecule has 0 aliphatic heterocycles. The number of carbonyl (C=O) groups excluding carboxylic acids is 1. The number of primary amides is 1. The topological polar surface area (TPSA) is 79.4 Å². The summed E-state index contributed by atoms with van der Waals surface area (Å²) in [4.78, 5) is 16.6. The monoisotopic (exact) mass is 571 g/mol. The summed E-state index contributed by atoms with van der Waals surface area (Å²) in [6.45, 7) is 1.87. The molecule has 0 fully saturated rings. The number of hydrogen-bond donors (Lipinski definition) is 1. The summed E-state index contributed by atoms with van der Waals surface area (Å²) >= 11 is 0. The van der Waals surface area contributed by atoms with Crippen molar-refractivity contribution >= 4 is 5.91 Å². The van der Waals surface area contributed by atoms with Gasteiger partial charge < -0.3 is 19.8 Å². The van der Waals surface area contributed by atoms with E-state index in [1.165, 1.54) is 0 Å². The number of aryl methyl sites for hydroxylation is 1. The lowest BCUT2D eigenvalue weighted by atomic mass is 10.0. The van der Waals surface area contributed by atoms with Gasteiger partial charge in [0.1, 0.15) is 17.3 Å². The molecule has 9 heteroatoms. The fourth-order valence-corrected chi connectivity index (χ4v) is 4.89. The summed E-state index contributed by atoms with van der Waals surface area (Å²) in [5, 5.41) is 0. The Bertz CT molecular complexity index is 1760. The molecule has 1 heterocycles. The second-order valence-corrected chi connectivity index (χ2v) is 9.83. The molecule has 1 aromatic heterocycles. The van der Waals surface area contributed by atoms with Crippen LogP contribution in [0.5, 0.6) is 11.5 Å². The number of methoxy groups -OCH3 is 2. The molecule has 0 aliphatic rings. The van der Waals surface area contributed by atoms with Crippen molar-refractivity contribution in [1.82, 2.24) is 9.55 Å². The Morgan fingerprint density at radius 2 is 1.45 bits per heavy atom. The van der Waals surface area contributed by atoms with Crippen molar-refractivity contribution in [2.75, 3.05) is 14.2 Å². The molecule has 6 nitrogen and oxygen atoms in total. The normalized spacial score (nSPS) is 11.4. The largest absolute Gasteiger partial charge is 0.497 e. The van der Waals surface area contributed by atoms with Crippen LogP contribution in [-0.4, -0.2) is 29.7 Å². The Morgan fingerprint density at radius 3 is 2.05 bits per heavy atom. The minimum absolute atomic E-state index is 0.243. The summed E-state index contributed by atoms with van der Waals surface area (Å²) < 4.78 is 54.5. The Labute approximate surface area is 241 Å². The zero-order valence-corrected chi connectivity index (χ0v) is 23.2. The number of imidazole rings is 1. The molecule has 0 unspecified atom stereocenters. The van der Waals surface area contributed by atoms with Crippen molar-refractivity contribution in [1.29, 1.82) is 0 Å². The molecular weight excluding hydrogens is 543 g/mol. The van der Waals surface area contributed by atoms with E-state index in [9.17, 15) is 18.0 Å². The molecule has 214 valence electrons. The lowest BCUT2D eigenvalue weighted by molar-refractivity contribution is -0.137. The molecule has 0 radical (unpaired) electrons. The van der Waals surface area contributed by atoms with E-state index < -0.39 is 17.6 Å². The third kappa shape index (κ3) is 5.85. The van der Waals surface area contributed by atoms with Crippen LogP contribution in [0.15, 0.2) is 91.0 Å². The van der Waals surface area contributed by atoms with Crippen molar-refractivity contribution in [3.05, 3.63) is 113 Å². The maximum absolute atomic E-state index is 13.9. The Morgan fingerprint density at radius 1 is 0.833 bits per heavy atom. The zero-order valence-electron chi connectivity index (χ0n) is 23.2. The van der Waals surface area contributed by atoms with Crippen LogP contribution in [-0.2, 0) is 12.7 Å². The fourth-order valence-electron chi connectivity index (χ4n) is 4.89. The third-order valence-electron chi connectivity index (χ3n) is 6.90. The maximum atomic E-state index is 13.9. The highest BCUT2D eigenvalue weighted by Gasteiger charge is 2.32. The van der Waals surface area contributed by atoms with Crippen molar-refractivity contribution in [3.8, 4) is 45.4 Å². The summed E-state index contributed by atoms with van der Waals surface area (Å²) in [5.74, 6) is 1.01. The number of aromatic nitrogens is 2. The summed E-state index contributed by atoms with van der Waals surface area (Å²) in [6, 6.07) is 25.5. The van der Waals surface area contributed by atoms with E-state index in [2.05, 4.69) is 0 Å². The third-order valence-corrected chi connectivity index (χ3v) is 6.90. The number of nitrogens with zero attached hydrogens (tertiary/aromatic N) is 2. The van der Waals surface area contributed by atoms with Crippen LogP contribution in [0.3, 0.4) is 0 Å². The standard InChI is InChI=1S/C33H28F3N3O3/c1-20-14-25(16-26(15-20)33(34,35)36)32-38-29(23-6-4-8-27(17-23)41-2)30(24-7-5-9-28(18-24)42-3)39(32)19-21-10-12-22(13-11-21)31(37)40/h4-18H,19H2,1-3H3,(H2,37,40). The molecule has 4 aromatic carbocycles. The molecule has 0 aliphatic carbocycles. The van der Waals surface area contributed by atoms with Gasteiger partial charge in [0.25, 0.3) is 0 Å². The van der Waals surface area contributed by atoms with Crippen LogP contribution in [0, 0.1) is 6.92 Å². The number of hydrogen-bond acceptors (Lipinski definition) is 4. The van der Waals surface area contributed by atoms with Crippen LogP contribution < -0.4 is 15.2 Å². The minimum Gasteiger partial charge on any atom is -0.497 e. The number of nitrogens with two attached hydrogens (primary N) is 1. The summed E-state index contributed by atoms with van der Waals surface area (Å²) in [7, 11) is 3.13. The van der Waals surface area contributed by atoms with Gasteiger partial charge in [0.15, 0.2) is 0 Å². The lowest BCUT2D eigenvalue weighted by Crippen LogP contribution is -2.11. The van der Waals surface area contributed by atoms with Gasteiger partial charge in [-0.1, -0.05) is 36.4 Å². The molecule has 0 saturated heterocycles. The van der Waals surface area contributed by atoms with Gasteiger partial charge in [-0.05, 0) is 72.6 Å². The quantitative estimate of drug-likeness (QED) is 0.211. The fraction of sp³-hybridized carbons (Fsp3) is 0.152. The Kier molecular flexibility index (Phi) is 7.76. The number of alkyl halides is 3. The lowest BCUT2D eigenvalue weighted by Gasteiger charge is -2.16. The predicted octanol–water partition coefficient (Wildman–Crippen LogP) is 7.38. The van der Waals surface area contributed by atoms with Crippen LogP contribution in [0.1, 0.15) is 27.0 Å². The smallest absolute Gasteiger partial charge is 0.416 e. The van der Waals surface area contributed by atoms with Gasteiger partial charge >= 0.3 is 6.18 Å². The maximum Gasteiger partial charge on any atom is 0.416 e. The number of amides is 1. The van der Waals surface area contributed by atoms with Crippen molar-refractivity contribution < 1.29 is 27.4 Å². The second-order valence-electron chi connectivity index (χ2n) is 9.83. The molecular formula is C33H28F3N3O3. The number of ether oxygens (including phenoxy) is 2. The molecule has 2 N–H and O–H groups in total. The number of carbonyl (C=O) groups is 1. The number of benzene rings is 4. The van der Waals surface area contributed by atoms with E-state index in [-0.39, 0.29) is 6.54 Å². The summed E-state index contributed by atoms with van der Waals surface area (Å²) in [6.07, 6.45) is -4.53. The highest BCUT2D eigenvalue weighted by Crippen LogP contribution is 2.40. The highest BCUT2D eigenvalue weighted by atomic mass is 19.4. The van der Waals surface area contributed by atoms with Crippen molar-refractivity contribution in [3.63, 3.8) is 0 Å². The van der Waals surface area contributed by atoms with E-state index in [4.69, 9.17) is 20.2 Å². The van der Waals surface area contributed by atoms with E-state index in [0.29, 0.717) is 45.4 Å². The van der Waals surface area contributed by atoms with Crippen molar-refractivity contribution in [2.45, 2.75) is 19.6 Å². The van der Waals surface area contributed by atoms with E-state index in [0.717, 1.165) is 28.8 Å². The van der Waals surface area contributed by atoms with Gasteiger partial charge in [0.05, 0.1) is 31.2 Å². The molecule has 0 saturated carbocycles. The molecule has 5 rings (SSSR count). The Hall–Kier alpha value is -5.05. The van der Waals surface area contributed by atoms with Gasteiger partial charge in [0, 0.05) is 28.8 Å². The molecule has 0 atom stereocenters. The minimum atomic E-state index is -4.53. The average Bonchev–Trinajstić information content (AvgIpc) is 3.35. The molecule has 0 bridgehead atoms. The number of halogens is 3. The first-order chi connectivity index (χ1) is 20.1. The highest BCUT2D eigenvalue weighted by molar-refractivity contribution is 5.92. The SMILES string of the molecule is COc1cccc(-c2nc(-c3cc(C)cc(C(F)(F)F)c3)n(Cc3ccc(C(N)=O)cc3)c2-c2cccc(OC)c2)c1. The van der Waals surface area contributed by atoms with Gasteiger partial charge in [-0.15, -0.1) is 0 Å². The predicted molar refractivity (Wildman–Crippen MR) is 155 cm³/mol. The van der Waals surface area contributed by atoms with E-state index in [1.807, 2.05) is 53.1 Å². The van der Waals surface area contributed by atoms with Crippen LogP contribution in [0.25, 0.3) is 33.9 Å². The van der Waals surface area contributed by atoms with Crippen molar-refractivity contribution in [2.24, 2.45) is 5.73 Å². The molecule has 1 amide bonds. The molecule has 42 heavy (non-hydrogen) atoms. The van der Waals surface area contributed by atoms with Crippen LogP contribution >= 0.6 is 0 Å². The molecule has 5 aromatic rings. The van der Waals surface area contributed by atoms with Crippen LogP contribution in [0.2, 0.25) is 0 Å². The first-order valence-corrected chi connectivity index (χ1v) is 13.0.